The maximum absolute atomic E-state index is 13.3. The Morgan fingerprint density at radius 1 is 1.26 bits per heavy atom. The topological polar surface area (TPSA) is 44.5 Å². The van der Waals surface area contributed by atoms with Crippen LogP contribution in [0.1, 0.15) is 5.56 Å². The van der Waals surface area contributed by atoms with Gasteiger partial charge in [-0.05, 0) is 18.2 Å². The molecule has 2 rings (SSSR count). The molecule has 0 amide bonds. The van der Waals surface area contributed by atoms with E-state index in [0.717, 1.165) is 0 Å². The molecule has 0 aromatic heterocycles. The highest BCUT2D eigenvalue weighted by molar-refractivity contribution is 6.31. The number of methoxy groups -OCH3 is 1. The summed E-state index contributed by atoms with van der Waals surface area (Å²) in [5, 5.41) is 0.0644. The Kier molecular flexibility index (Phi) is 4.12. The summed E-state index contributed by atoms with van der Waals surface area (Å²) in [6.45, 7) is 0.146. The zero-order valence-corrected chi connectivity index (χ0v) is 11.1. The van der Waals surface area contributed by atoms with Gasteiger partial charge in [-0.2, -0.15) is 0 Å². The fraction of sp³-hybridized carbons (Fsp3) is 0.143. The Bertz CT molecular complexity index is 590. The van der Waals surface area contributed by atoms with E-state index in [0.29, 0.717) is 22.7 Å². The van der Waals surface area contributed by atoms with Crippen LogP contribution in [-0.4, -0.2) is 7.11 Å². The summed E-state index contributed by atoms with van der Waals surface area (Å²) in [4.78, 5) is 0. The smallest absolute Gasteiger partial charge is 0.142 e. The van der Waals surface area contributed by atoms with Crippen LogP contribution >= 0.6 is 11.6 Å². The zero-order valence-electron chi connectivity index (χ0n) is 10.3. The fourth-order valence-electron chi connectivity index (χ4n) is 1.60. The second-order valence-electron chi connectivity index (χ2n) is 3.91. The number of ether oxygens (including phenoxy) is 2. The van der Waals surface area contributed by atoms with Crippen LogP contribution < -0.4 is 15.2 Å². The SMILES string of the molecule is COc1ccc(OCc2cccc(F)c2Cl)c(N)c1. The number of anilines is 1. The van der Waals surface area contributed by atoms with E-state index in [1.807, 2.05) is 0 Å². The summed E-state index contributed by atoms with van der Waals surface area (Å²) < 4.78 is 23.8. The fourth-order valence-corrected chi connectivity index (χ4v) is 1.78. The molecule has 100 valence electrons. The lowest BCUT2D eigenvalue weighted by atomic mass is 10.2. The van der Waals surface area contributed by atoms with Gasteiger partial charge in [0.2, 0.25) is 0 Å². The molecular formula is C14H13ClFNO2. The van der Waals surface area contributed by atoms with Crippen LogP contribution in [0, 0.1) is 5.82 Å². The van der Waals surface area contributed by atoms with Gasteiger partial charge in [0, 0.05) is 11.6 Å². The van der Waals surface area contributed by atoms with Crippen molar-refractivity contribution in [1.29, 1.82) is 0 Å². The summed E-state index contributed by atoms with van der Waals surface area (Å²) in [7, 11) is 1.56. The number of hydrogen-bond donors (Lipinski definition) is 1. The summed E-state index contributed by atoms with van der Waals surface area (Å²) in [5.74, 6) is 0.681. The maximum Gasteiger partial charge on any atom is 0.142 e. The Labute approximate surface area is 115 Å². The highest BCUT2D eigenvalue weighted by Gasteiger charge is 2.08. The van der Waals surface area contributed by atoms with E-state index in [1.165, 1.54) is 6.07 Å². The standard InChI is InChI=1S/C14H13ClFNO2/c1-18-10-5-6-13(12(17)7-10)19-8-9-3-2-4-11(16)14(9)15/h2-7H,8,17H2,1H3. The van der Waals surface area contributed by atoms with E-state index >= 15 is 0 Å². The second kappa shape index (κ2) is 5.80. The first-order valence-corrected chi connectivity index (χ1v) is 5.99. The number of rotatable bonds is 4. The molecule has 2 N–H and O–H groups in total. The predicted octanol–water partition coefficient (Wildman–Crippen LogP) is 3.65. The molecule has 0 fully saturated rings. The molecular weight excluding hydrogens is 269 g/mol. The van der Waals surface area contributed by atoms with E-state index in [1.54, 1.807) is 37.4 Å². The largest absolute Gasteiger partial charge is 0.497 e. The van der Waals surface area contributed by atoms with E-state index in [4.69, 9.17) is 26.8 Å². The highest BCUT2D eigenvalue weighted by atomic mass is 35.5. The average Bonchev–Trinajstić information content (AvgIpc) is 2.41. The van der Waals surface area contributed by atoms with Crippen molar-refractivity contribution in [2.45, 2.75) is 6.61 Å². The van der Waals surface area contributed by atoms with Gasteiger partial charge in [0.1, 0.15) is 23.9 Å². The summed E-state index contributed by atoms with van der Waals surface area (Å²) in [5.41, 5.74) is 6.83. The van der Waals surface area contributed by atoms with Crippen molar-refractivity contribution in [3.8, 4) is 11.5 Å². The molecule has 0 aliphatic carbocycles. The van der Waals surface area contributed by atoms with Gasteiger partial charge in [-0.25, -0.2) is 4.39 Å². The maximum atomic E-state index is 13.3. The van der Waals surface area contributed by atoms with Crippen LogP contribution in [-0.2, 0) is 6.61 Å². The van der Waals surface area contributed by atoms with Gasteiger partial charge in [0.25, 0.3) is 0 Å². The van der Waals surface area contributed by atoms with Crippen LogP contribution in [0.2, 0.25) is 5.02 Å². The minimum Gasteiger partial charge on any atom is -0.497 e. The van der Waals surface area contributed by atoms with Crippen molar-refractivity contribution in [1.82, 2.24) is 0 Å². The van der Waals surface area contributed by atoms with Crippen LogP contribution in [0.3, 0.4) is 0 Å². The van der Waals surface area contributed by atoms with Gasteiger partial charge in [-0.3, -0.25) is 0 Å². The van der Waals surface area contributed by atoms with E-state index in [9.17, 15) is 4.39 Å². The first kappa shape index (κ1) is 13.5. The minimum absolute atomic E-state index is 0.0644. The summed E-state index contributed by atoms with van der Waals surface area (Å²) in [6.07, 6.45) is 0. The molecule has 5 heteroatoms. The Balaban J connectivity index is 2.12. The van der Waals surface area contributed by atoms with Gasteiger partial charge in [-0.1, -0.05) is 23.7 Å². The monoisotopic (exact) mass is 281 g/mol. The van der Waals surface area contributed by atoms with Crippen molar-refractivity contribution in [3.63, 3.8) is 0 Å². The Morgan fingerprint density at radius 2 is 2.05 bits per heavy atom. The number of halogens is 2. The van der Waals surface area contributed by atoms with Crippen molar-refractivity contribution in [2.75, 3.05) is 12.8 Å². The number of nitrogen functional groups attached to an aromatic ring is 1. The molecule has 0 aliphatic rings. The molecule has 0 bridgehead atoms. The first-order valence-electron chi connectivity index (χ1n) is 5.61. The predicted molar refractivity (Wildman–Crippen MR) is 73.1 cm³/mol. The number of hydrogen-bond acceptors (Lipinski definition) is 3. The molecule has 0 spiro atoms. The molecule has 0 aliphatic heterocycles. The van der Waals surface area contributed by atoms with Gasteiger partial charge in [0.05, 0.1) is 17.8 Å². The highest BCUT2D eigenvalue weighted by Crippen LogP contribution is 2.28. The molecule has 0 unspecified atom stereocenters. The summed E-state index contributed by atoms with van der Waals surface area (Å²) in [6, 6.07) is 9.67. The third kappa shape index (κ3) is 3.09. The molecule has 19 heavy (non-hydrogen) atoms. The van der Waals surface area contributed by atoms with Gasteiger partial charge in [-0.15, -0.1) is 0 Å². The molecule has 0 radical (unpaired) electrons. The number of nitrogens with two attached hydrogens (primary N) is 1. The molecule has 0 heterocycles. The Morgan fingerprint density at radius 3 is 2.74 bits per heavy atom. The van der Waals surface area contributed by atoms with Crippen LogP contribution in [0.25, 0.3) is 0 Å². The van der Waals surface area contributed by atoms with Crippen molar-refractivity contribution in [3.05, 3.63) is 52.8 Å². The summed E-state index contributed by atoms with van der Waals surface area (Å²) >= 11 is 5.84. The second-order valence-corrected chi connectivity index (χ2v) is 4.28. The first-order chi connectivity index (χ1) is 9.11. The molecule has 0 atom stereocenters. The minimum atomic E-state index is -0.467. The quantitative estimate of drug-likeness (QED) is 0.870. The lowest BCUT2D eigenvalue weighted by Crippen LogP contribution is -2.00. The lowest BCUT2D eigenvalue weighted by Gasteiger charge is -2.11. The van der Waals surface area contributed by atoms with Gasteiger partial charge >= 0.3 is 0 Å². The third-order valence-electron chi connectivity index (χ3n) is 2.63. The van der Waals surface area contributed by atoms with E-state index in [-0.39, 0.29) is 11.6 Å². The van der Waals surface area contributed by atoms with Crippen LogP contribution in [0.4, 0.5) is 10.1 Å². The molecule has 0 saturated carbocycles. The van der Waals surface area contributed by atoms with Gasteiger partial charge < -0.3 is 15.2 Å². The van der Waals surface area contributed by atoms with Crippen molar-refractivity contribution < 1.29 is 13.9 Å². The molecule has 3 nitrogen and oxygen atoms in total. The average molecular weight is 282 g/mol. The molecule has 2 aromatic carbocycles. The normalized spacial score (nSPS) is 10.3. The lowest BCUT2D eigenvalue weighted by molar-refractivity contribution is 0.306. The Hall–Kier alpha value is -1.94. The molecule has 2 aromatic rings. The van der Waals surface area contributed by atoms with Crippen LogP contribution in [0.5, 0.6) is 11.5 Å². The van der Waals surface area contributed by atoms with Crippen molar-refractivity contribution >= 4 is 17.3 Å². The van der Waals surface area contributed by atoms with Gasteiger partial charge in [0.15, 0.2) is 0 Å². The van der Waals surface area contributed by atoms with Crippen molar-refractivity contribution in [2.24, 2.45) is 0 Å². The van der Waals surface area contributed by atoms with Crippen LogP contribution in [0.15, 0.2) is 36.4 Å². The van der Waals surface area contributed by atoms with E-state index in [2.05, 4.69) is 0 Å². The van der Waals surface area contributed by atoms with E-state index < -0.39 is 5.82 Å². The zero-order chi connectivity index (χ0) is 13.8. The number of benzene rings is 2. The third-order valence-corrected chi connectivity index (χ3v) is 3.05. The molecule has 0 saturated heterocycles.